The Kier molecular flexibility index (Phi) is 4.92. The zero-order valence-electron chi connectivity index (χ0n) is 14.5. The number of non-ortho nitro benzene ring substituents is 1. The third-order valence-corrected chi connectivity index (χ3v) is 4.58. The number of nitro benzene ring substituents is 1. The summed E-state index contributed by atoms with van der Waals surface area (Å²) in [5.74, 6) is 0.162. The van der Waals surface area contributed by atoms with Crippen LogP contribution >= 0.6 is 23.2 Å². The van der Waals surface area contributed by atoms with Crippen LogP contribution in [0.25, 0.3) is 17.4 Å². The topological polar surface area (TPSA) is 94.9 Å². The van der Waals surface area contributed by atoms with Crippen molar-refractivity contribution < 1.29 is 18.9 Å². The van der Waals surface area contributed by atoms with Gasteiger partial charge in [0.05, 0.1) is 15.5 Å². The standard InChI is InChI=1S/C20H10Cl2N2O5/c21-12-4-6-15(16(22)9-12)19-23-17(20(25)29-19)10-14-5-7-18(28-14)11-2-1-3-13(8-11)24(26)27/h1-10H/b17-10-. The zero-order chi connectivity index (χ0) is 20.5. The van der Waals surface area contributed by atoms with Gasteiger partial charge in [-0.25, -0.2) is 9.79 Å². The van der Waals surface area contributed by atoms with Crippen LogP contribution in [-0.4, -0.2) is 16.8 Å². The molecule has 144 valence electrons. The molecule has 0 saturated heterocycles. The van der Waals surface area contributed by atoms with Gasteiger partial charge in [-0.2, -0.15) is 0 Å². The van der Waals surface area contributed by atoms with Gasteiger partial charge in [0.1, 0.15) is 11.5 Å². The molecule has 1 aromatic heterocycles. The second-order valence-corrected chi connectivity index (χ2v) is 6.81. The first kappa shape index (κ1) is 18.9. The number of nitro groups is 1. The molecule has 0 atom stereocenters. The predicted molar refractivity (Wildman–Crippen MR) is 108 cm³/mol. The lowest BCUT2D eigenvalue weighted by atomic mass is 10.1. The van der Waals surface area contributed by atoms with Crippen molar-refractivity contribution in [2.75, 3.05) is 0 Å². The lowest BCUT2D eigenvalue weighted by Crippen LogP contribution is -2.05. The molecule has 0 spiro atoms. The van der Waals surface area contributed by atoms with Crippen LogP contribution in [0.2, 0.25) is 10.0 Å². The Morgan fingerprint density at radius 3 is 2.66 bits per heavy atom. The third-order valence-electron chi connectivity index (χ3n) is 4.03. The van der Waals surface area contributed by atoms with Crippen LogP contribution < -0.4 is 0 Å². The molecule has 0 bridgehead atoms. The normalized spacial score (nSPS) is 14.8. The van der Waals surface area contributed by atoms with Gasteiger partial charge in [-0.3, -0.25) is 10.1 Å². The monoisotopic (exact) mass is 428 g/mol. The average Bonchev–Trinajstić information content (AvgIpc) is 3.29. The Balaban J connectivity index is 1.63. The van der Waals surface area contributed by atoms with E-state index in [9.17, 15) is 14.9 Å². The number of aliphatic imine (C=N–C) groups is 1. The minimum atomic E-state index is -0.653. The van der Waals surface area contributed by atoms with Gasteiger partial charge in [0.15, 0.2) is 5.70 Å². The second kappa shape index (κ2) is 7.54. The molecule has 1 aliphatic rings. The van der Waals surface area contributed by atoms with Crippen LogP contribution in [0.3, 0.4) is 0 Å². The molecule has 0 radical (unpaired) electrons. The number of nitrogens with zero attached hydrogens (tertiary/aromatic N) is 2. The van der Waals surface area contributed by atoms with Gasteiger partial charge >= 0.3 is 5.97 Å². The SMILES string of the molecule is O=C1OC(c2ccc(Cl)cc2Cl)=N/C1=C\c1ccc(-c2cccc([N+](=O)[O-])c2)o1. The van der Waals surface area contributed by atoms with Crippen molar-refractivity contribution in [3.8, 4) is 11.3 Å². The van der Waals surface area contributed by atoms with Crippen LogP contribution in [0, 0.1) is 10.1 Å². The molecule has 0 unspecified atom stereocenters. The molecule has 1 aliphatic heterocycles. The van der Waals surface area contributed by atoms with Gasteiger partial charge < -0.3 is 9.15 Å². The highest BCUT2D eigenvalue weighted by Crippen LogP contribution is 2.29. The fourth-order valence-corrected chi connectivity index (χ4v) is 3.17. The molecular formula is C20H10Cl2N2O5. The van der Waals surface area contributed by atoms with Crippen molar-refractivity contribution in [1.82, 2.24) is 0 Å². The highest BCUT2D eigenvalue weighted by Gasteiger charge is 2.26. The quantitative estimate of drug-likeness (QED) is 0.236. The number of furan rings is 1. The van der Waals surface area contributed by atoms with Crippen molar-refractivity contribution in [2.45, 2.75) is 0 Å². The van der Waals surface area contributed by atoms with Crippen LogP contribution in [0.1, 0.15) is 11.3 Å². The highest BCUT2D eigenvalue weighted by molar-refractivity contribution is 6.37. The molecule has 0 N–H and O–H groups in total. The zero-order valence-corrected chi connectivity index (χ0v) is 16.0. The maximum absolute atomic E-state index is 12.1. The first-order chi connectivity index (χ1) is 13.9. The van der Waals surface area contributed by atoms with Crippen molar-refractivity contribution in [2.24, 2.45) is 4.99 Å². The van der Waals surface area contributed by atoms with Crippen LogP contribution in [0.15, 0.2) is 69.7 Å². The summed E-state index contributed by atoms with van der Waals surface area (Å²) in [6.07, 6.45) is 1.42. The molecular weight excluding hydrogens is 419 g/mol. The molecule has 2 aromatic carbocycles. The van der Waals surface area contributed by atoms with Gasteiger partial charge in [-0.15, -0.1) is 0 Å². The van der Waals surface area contributed by atoms with E-state index in [0.29, 0.717) is 32.7 Å². The highest BCUT2D eigenvalue weighted by atomic mass is 35.5. The summed E-state index contributed by atoms with van der Waals surface area (Å²) in [4.78, 5) is 26.8. The minimum absolute atomic E-state index is 0.0333. The molecule has 4 rings (SSSR count). The fourth-order valence-electron chi connectivity index (χ4n) is 2.68. The summed E-state index contributed by atoms with van der Waals surface area (Å²) >= 11 is 12.0. The second-order valence-electron chi connectivity index (χ2n) is 5.97. The Morgan fingerprint density at radius 2 is 1.90 bits per heavy atom. The molecule has 7 nitrogen and oxygen atoms in total. The fraction of sp³-hybridized carbons (Fsp3) is 0. The largest absolute Gasteiger partial charge is 0.457 e. The van der Waals surface area contributed by atoms with Crippen molar-refractivity contribution in [3.63, 3.8) is 0 Å². The minimum Gasteiger partial charge on any atom is -0.457 e. The van der Waals surface area contributed by atoms with Crippen LogP contribution in [0.4, 0.5) is 5.69 Å². The van der Waals surface area contributed by atoms with Crippen LogP contribution in [0.5, 0.6) is 0 Å². The summed E-state index contributed by atoms with van der Waals surface area (Å²) in [5, 5.41) is 11.7. The molecule has 0 amide bonds. The van der Waals surface area contributed by atoms with Gasteiger partial charge in [-0.1, -0.05) is 35.3 Å². The molecule has 9 heteroatoms. The van der Waals surface area contributed by atoms with Crippen molar-refractivity contribution in [1.29, 1.82) is 0 Å². The van der Waals surface area contributed by atoms with E-state index in [4.69, 9.17) is 32.4 Å². The van der Waals surface area contributed by atoms with Gasteiger partial charge in [0, 0.05) is 28.8 Å². The van der Waals surface area contributed by atoms with Crippen molar-refractivity contribution in [3.05, 3.63) is 91.8 Å². The Hall–Kier alpha value is -3.42. The molecule has 2 heterocycles. The van der Waals surface area contributed by atoms with E-state index < -0.39 is 10.9 Å². The maximum atomic E-state index is 12.1. The first-order valence-electron chi connectivity index (χ1n) is 8.23. The maximum Gasteiger partial charge on any atom is 0.363 e. The summed E-state index contributed by atoms with van der Waals surface area (Å²) in [5.41, 5.74) is 0.956. The first-order valence-corrected chi connectivity index (χ1v) is 8.99. The summed E-state index contributed by atoms with van der Waals surface area (Å²) < 4.78 is 10.9. The molecule has 29 heavy (non-hydrogen) atoms. The number of carbonyl (C=O) groups excluding carboxylic acids is 1. The summed E-state index contributed by atoms with van der Waals surface area (Å²) in [6.45, 7) is 0. The van der Waals surface area contributed by atoms with E-state index in [1.165, 1.54) is 24.3 Å². The lowest BCUT2D eigenvalue weighted by molar-refractivity contribution is -0.384. The molecule has 0 aliphatic carbocycles. The van der Waals surface area contributed by atoms with E-state index in [1.807, 2.05) is 0 Å². The van der Waals surface area contributed by atoms with Crippen molar-refractivity contribution >= 4 is 46.8 Å². The Labute approximate surface area is 174 Å². The number of hydrogen-bond acceptors (Lipinski definition) is 6. The molecule has 0 fully saturated rings. The summed E-state index contributed by atoms with van der Waals surface area (Å²) in [7, 11) is 0. The average molecular weight is 429 g/mol. The Bertz CT molecular complexity index is 1210. The Morgan fingerprint density at radius 1 is 1.07 bits per heavy atom. The number of carbonyl (C=O) groups is 1. The number of benzene rings is 2. The van der Waals surface area contributed by atoms with Gasteiger partial charge in [0.25, 0.3) is 5.69 Å². The number of ether oxygens (including phenoxy) is 1. The van der Waals surface area contributed by atoms with E-state index in [0.717, 1.165) is 0 Å². The number of hydrogen-bond donors (Lipinski definition) is 0. The number of esters is 1. The van der Waals surface area contributed by atoms with E-state index in [1.54, 1.807) is 36.4 Å². The number of rotatable bonds is 4. The van der Waals surface area contributed by atoms with Gasteiger partial charge in [0.2, 0.25) is 5.90 Å². The molecule has 3 aromatic rings. The predicted octanol–water partition coefficient (Wildman–Crippen LogP) is 5.51. The van der Waals surface area contributed by atoms with Gasteiger partial charge in [-0.05, 0) is 30.3 Å². The number of halogens is 2. The summed E-state index contributed by atoms with van der Waals surface area (Å²) in [6, 6.07) is 14.0. The van der Waals surface area contributed by atoms with E-state index in [-0.39, 0.29) is 17.3 Å². The lowest BCUT2D eigenvalue weighted by Gasteiger charge is -2.02. The third kappa shape index (κ3) is 3.91. The smallest absolute Gasteiger partial charge is 0.363 e. The van der Waals surface area contributed by atoms with Crippen LogP contribution in [-0.2, 0) is 9.53 Å². The van der Waals surface area contributed by atoms with E-state index in [2.05, 4.69) is 4.99 Å². The molecule has 0 saturated carbocycles. The van der Waals surface area contributed by atoms with E-state index >= 15 is 0 Å². The number of cyclic esters (lactones) is 1.